The predicted octanol–water partition coefficient (Wildman–Crippen LogP) is 5.45. The number of para-hydroxylation sites is 1. The van der Waals surface area contributed by atoms with Gasteiger partial charge in [0.25, 0.3) is 0 Å². The van der Waals surface area contributed by atoms with Gasteiger partial charge < -0.3 is 15.3 Å². The van der Waals surface area contributed by atoms with Crippen LogP contribution in [0.15, 0.2) is 60.2 Å². The standard InChI is InChI=1S/C30H39N3O2/c1-22(2)30(29(34)35)25-13-7-8-14-27(25)31-28(23-11-5-3-6-12-23)26(30)21-32-19-15-24(16-20-32)33-17-9-4-10-18-33/h3,5-8,11-14,22,24,31H,4,9-10,15-21H2,1-2H3,(H,34,35). The molecule has 0 radical (unpaired) electrons. The number of hydrogen-bond acceptors (Lipinski definition) is 4. The molecule has 1 atom stereocenters. The van der Waals surface area contributed by atoms with E-state index in [0.717, 1.165) is 41.2 Å². The van der Waals surface area contributed by atoms with E-state index in [-0.39, 0.29) is 5.92 Å². The Bertz CT molecular complexity index is 1070. The summed E-state index contributed by atoms with van der Waals surface area (Å²) in [5, 5.41) is 14.6. The Morgan fingerprint density at radius 2 is 1.63 bits per heavy atom. The third kappa shape index (κ3) is 4.41. The summed E-state index contributed by atoms with van der Waals surface area (Å²) in [6.07, 6.45) is 6.36. The fourth-order valence-electron chi connectivity index (χ4n) is 6.66. The van der Waals surface area contributed by atoms with Gasteiger partial charge in [-0.1, -0.05) is 68.8 Å². The van der Waals surface area contributed by atoms with Crippen molar-refractivity contribution in [2.45, 2.75) is 57.4 Å². The van der Waals surface area contributed by atoms with E-state index in [1.165, 1.54) is 45.2 Å². The average molecular weight is 474 g/mol. The van der Waals surface area contributed by atoms with Crippen LogP contribution in [0.25, 0.3) is 5.70 Å². The van der Waals surface area contributed by atoms with Crippen LogP contribution in [0, 0.1) is 5.92 Å². The normalized spacial score (nSPS) is 24.3. The highest BCUT2D eigenvalue weighted by Crippen LogP contribution is 2.50. The molecule has 0 saturated carbocycles. The molecule has 3 aliphatic rings. The van der Waals surface area contributed by atoms with Crippen LogP contribution in [-0.4, -0.2) is 59.6 Å². The third-order valence-corrected chi connectivity index (χ3v) is 8.50. The van der Waals surface area contributed by atoms with Crippen molar-refractivity contribution in [2.24, 2.45) is 5.92 Å². The van der Waals surface area contributed by atoms with E-state index in [4.69, 9.17) is 0 Å². The van der Waals surface area contributed by atoms with Crippen LogP contribution in [0.3, 0.4) is 0 Å². The minimum Gasteiger partial charge on any atom is -0.480 e. The number of carboxylic acid groups (broad SMARTS) is 1. The van der Waals surface area contributed by atoms with Crippen molar-refractivity contribution >= 4 is 17.4 Å². The number of fused-ring (bicyclic) bond motifs is 1. The van der Waals surface area contributed by atoms with Crippen LogP contribution in [0.1, 0.15) is 57.1 Å². The van der Waals surface area contributed by atoms with Gasteiger partial charge in [-0.15, -0.1) is 0 Å². The van der Waals surface area contributed by atoms with Crippen molar-refractivity contribution in [3.63, 3.8) is 0 Å². The second-order valence-electron chi connectivity index (χ2n) is 10.8. The van der Waals surface area contributed by atoms with Gasteiger partial charge in [-0.25, -0.2) is 0 Å². The largest absolute Gasteiger partial charge is 0.480 e. The smallest absolute Gasteiger partial charge is 0.318 e. The van der Waals surface area contributed by atoms with Crippen LogP contribution < -0.4 is 5.32 Å². The summed E-state index contributed by atoms with van der Waals surface area (Å²) in [6.45, 7) is 9.30. The number of nitrogens with one attached hydrogen (secondary N) is 1. The van der Waals surface area contributed by atoms with Crippen molar-refractivity contribution in [1.29, 1.82) is 0 Å². The SMILES string of the molecule is CC(C)C1(C(=O)O)C(CN2CCC(N3CCCCC3)CC2)=C(c2ccccc2)Nc2ccccc21. The number of carbonyl (C=O) groups is 1. The predicted molar refractivity (Wildman–Crippen MR) is 142 cm³/mol. The summed E-state index contributed by atoms with van der Waals surface area (Å²) < 4.78 is 0. The van der Waals surface area contributed by atoms with E-state index in [9.17, 15) is 9.90 Å². The van der Waals surface area contributed by atoms with Crippen molar-refractivity contribution < 1.29 is 9.90 Å². The molecule has 0 aromatic heterocycles. The zero-order valence-corrected chi connectivity index (χ0v) is 21.2. The molecule has 1 unspecified atom stereocenters. The highest BCUT2D eigenvalue weighted by molar-refractivity contribution is 5.98. The first-order chi connectivity index (χ1) is 17.0. The first kappa shape index (κ1) is 24.1. The lowest BCUT2D eigenvalue weighted by Gasteiger charge is -2.46. The van der Waals surface area contributed by atoms with Gasteiger partial charge in [-0.3, -0.25) is 9.69 Å². The molecular formula is C30H39N3O2. The fraction of sp³-hybridized carbons (Fsp3) is 0.500. The number of nitrogens with zero attached hydrogens (tertiary/aromatic N) is 2. The van der Waals surface area contributed by atoms with E-state index >= 15 is 0 Å². The minimum absolute atomic E-state index is 0.0946. The topological polar surface area (TPSA) is 55.8 Å². The Morgan fingerprint density at radius 3 is 2.29 bits per heavy atom. The van der Waals surface area contributed by atoms with Crippen molar-refractivity contribution in [2.75, 3.05) is 38.0 Å². The number of aliphatic carboxylic acids is 1. The van der Waals surface area contributed by atoms with Gasteiger partial charge in [0, 0.05) is 24.0 Å². The number of anilines is 1. The molecule has 0 bridgehead atoms. The van der Waals surface area contributed by atoms with Crippen LogP contribution in [0.2, 0.25) is 0 Å². The van der Waals surface area contributed by atoms with E-state index in [0.29, 0.717) is 12.6 Å². The lowest BCUT2D eigenvalue weighted by atomic mass is 9.63. The van der Waals surface area contributed by atoms with Crippen molar-refractivity contribution in [3.05, 3.63) is 71.3 Å². The lowest BCUT2D eigenvalue weighted by molar-refractivity contribution is -0.144. The highest BCUT2D eigenvalue weighted by atomic mass is 16.4. The molecular weight excluding hydrogens is 434 g/mol. The maximum absolute atomic E-state index is 13.3. The van der Waals surface area contributed by atoms with Crippen LogP contribution in [-0.2, 0) is 10.2 Å². The Hall–Kier alpha value is -2.63. The molecule has 5 nitrogen and oxygen atoms in total. The molecule has 186 valence electrons. The monoisotopic (exact) mass is 473 g/mol. The van der Waals surface area contributed by atoms with Crippen molar-refractivity contribution in [3.8, 4) is 0 Å². The van der Waals surface area contributed by atoms with Gasteiger partial charge in [0.2, 0.25) is 0 Å². The van der Waals surface area contributed by atoms with Crippen LogP contribution in [0.5, 0.6) is 0 Å². The number of hydrogen-bond donors (Lipinski definition) is 2. The average Bonchev–Trinajstić information content (AvgIpc) is 2.89. The number of benzene rings is 2. The number of likely N-dealkylation sites (tertiary alicyclic amines) is 2. The first-order valence-corrected chi connectivity index (χ1v) is 13.4. The van der Waals surface area contributed by atoms with E-state index in [1.807, 2.05) is 42.5 Å². The highest BCUT2D eigenvalue weighted by Gasteiger charge is 2.52. The molecule has 2 aromatic carbocycles. The van der Waals surface area contributed by atoms with Gasteiger partial charge in [0.05, 0.1) is 0 Å². The molecule has 5 heteroatoms. The number of rotatable bonds is 6. The summed E-state index contributed by atoms with van der Waals surface area (Å²) in [6, 6.07) is 18.9. The molecule has 0 aliphatic carbocycles. The second-order valence-corrected chi connectivity index (χ2v) is 10.8. The maximum atomic E-state index is 13.3. The fourth-order valence-corrected chi connectivity index (χ4v) is 6.66. The summed E-state index contributed by atoms with van der Waals surface area (Å²) in [7, 11) is 0. The molecule has 3 heterocycles. The zero-order chi connectivity index (χ0) is 24.4. The van der Waals surface area contributed by atoms with E-state index in [2.05, 4.69) is 41.1 Å². The van der Waals surface area contributed by atoms with E-state index < -0.39 is 11.4 Å². The van der Waals surface area contributed by atoms with Crippen molar-refractivity contribution in [1.82, 2.24) is 9.80 Å². The molecule has 2 aromatic rings. The minimum atomic E-state index is -1.07. The van der Waals surface area contributed by atoms with Crippen LogP contribution >= 0.6 is 0 Å². The van der Waals surface area contributed by atoms with Gasteiger partial charge in [-0.05, 0) is 80.5 Å². The Balaban J connectivity index is 1.52. The van der Waals surface area contributed by atoms with Gasteiger partial charge >= 0.3 is 5.97 Å². The molecule has 0 spiro atoms. The molecule has 2 N–H and O–H groups in total. The third-order valence-electron chi connectivity index (χ3n) is 8.50. The van der Waals surface area contributed by atoms with Gasteiger partial charge in [-0.2, -0.15) is 0 Å². The first-order valence-electron chi connectivity index (χ1n) is 13.4. The second kappa shape index (κ2) is 10.2. The Labute approximate surface area is 209 Å². The van der Waals surface area contributed by atoms with Gasteiger partial charge in [0.1, 0.15) is 5.41 Å². The number of piperidine rings is 2. The molecule has 3 aliphatic heterocycles. The Kier molecular flexibility index (Phi) is 6.99. The molecule has 5 rings (SSSR count). The number of carboxylic acids is 1. The lowest BCUT2D eigenvalue weighted by Crippen LogP contribution is -2.51. The Morgan fingerprint density at radius 1 is 0.971 bits per heavy atom. The summed E-state index contributed by atoms with van der Waals surface area (Å²) in [4.78, 5) is 18.5. The van der Waals surface area contributed by atoms with E-state index in [1.54, 1.807) is 0 Å². The molecule has 0 amide bonds. The maximum Gasteiger partial charge on any atom is 0.318 e. The molecule has 35 heavy (non-hydrogen) atoms. The quantitative estimate of drug-likeness (QED) is 0.584. The summed E-state index contributed by atoms with van der Waals surface area (Å²) >= 11 is 0. The van der Waals surface area contributed by atoms with Crippen LogP contribution in [0.4, 0.5) is 5.69 Å². The summed E-state index contributed by atoms with van der Waals surface area (Å²) in [5.74, 6) is -0.851. The molecule has 2 fully saturated rings. The zero-order valence-electron chi connectivity index (χ0n) is 21.2. The summed E-state index contributed by atoms with van der Waals surface area (Å²) in [5.41, 5.74) is 3.69. The van der Waals surface area contributed by atoms with Gasteiger partial charge in [0.15, 0.2) is 0 Å². The molecule has 2 saturated heterocycles.